The molecule has 0 aliphatic carbocycles. The molecule has 0 spiro atoms. The van der Waals surface area contributed by atoms with Crippen LogP contribution >= 0.6 is 0 Å². The number of methoxy groups -OCH3 is 3. The van der Waals surface area contributed by atoms with E-state index in [9.17, 15) is 50.8 Å². The van der Waals surface area contributed by atoms with Gasteiger partial charge in [-0.3, -0.25) is 4.79 Å². The minimum Gasteiger partial charge on any atom is -0.507 e. The number of hydrogen-bond acceptors (Lipinski definition) is 18. The lowest BCUT2D eigenvalue weighted by atomic mass is 9.97. The first-order valence-corrected chi connectivity index (χ1v) is 14.5. The van der Waals surface area contributed by atoms with Crippen LogP contribution in [0.3, 0.4) is 0 Å². The molecule has 264 valence electrons. The molecule has 2 aliphatic rings. The first kappa shape index (κ1) is 35.4. The number of phenolic OH excluding ortho intramolecular Hbond substituents is 1. The van der Waals surface area contributed by atoms with Gasteiger partial charge in [0.1, 0.15) is 65.4 Å². The Bertz CT molecular complexity index is 1660. The molecule has 2 aliphatic heterocycles. The van der Waals surface area contributed by atoms with Crippen molar-refractivity contribution >= 4 is 11.0 Å². The average molecular weight is 685 g/mol. The molecule has 0 amide bonds. The van der Waals surface area contributed by atoms with Crippen LogP contribution in [-0.4, -0.2) is 142 Å². The van der Waals surface area contributed by atoms with Crippen molar-refractivity contribution in [2.75, 3.05) is 34.5 Å². The highest BCUT2D eigenvalue weighted by atomic mass is 16.8. The van der Waals surface area contributed by atoms with E-state index in [0.717, 1.165) is 6.07 Å². The van der Waals surface area contributed by atoms with Crippen LogP contribution in [-0.2, 0) is 14.2 Å². The number of phenols is 1. The van der Waals surface area contributed by atoms with Gasteiger partial charge in [0.05, 0.1) is 40.1 Å². The second-order valence-electron chi connectivity index (χ2n) is 10.9. The molecule has 18 nitrogen and oxygen atoms in total. The fourth-order valence-corrected chi connectivity index (χ4v) is 5.49. The van der Waals surface area contributed by atoms with Gasteiger partial charge >= 0.3 is 0 Å². The van der Waals surface area contributed by atoms with E-state index in [2.05, 4.69) is 0 Å². The van der Waals surface area contributed by atoms with Gasteiger partial charge in [-0.2, -0.15) is 0 Å². The van der Waals surface area contributed by atoms with Crippen LogP contribution in [0.2, 0.25) is 0 Å². The van der Waals surface area contributed by atoms with Gasteiger partial charge in [0.25, 0.3) is 0 Å². The molecule has 0 unspecified atom stereocenters. The van der Waals surface area contributed by atoms with Gasteiger partial charge in [-0.1, -0.05) is 0 Å². The van der Waals surface area contributed by atoms with Crippen molar-refractivity contribution in [1.29, 1.82) is 0 Å². The van der Waals surface area contributed by atoms with Crippen LogP contribution in [0.5, 0.6) is 34.5 Å². The van der Waals surface area contributed by atoms with Crippen molar-refractivity contribution in [2.45, 2.75) is 61.4 Å². The van der Waals surface area contributed by atoms with Gasteiger partial charge in [0.15, 0.2) is 29.5 Å². The highest BCUT2D eigenvalue weighted by Crippen LogP contribution is 2.46. The maximum atomic E-state index is 13.8. The molecule has 0 radical (unpaired) electrons. The minimum absolute atomic E-state index is 0.0692. The van der Waals surface area contributed by atoms with Crippen molar-refractivity contribution in [1.82, 2.24) is 0 Å². The molecule has 2 aromatic carbocycles. The summed E-state index contributed by atoms with van der Waals surface area (Å²) in [7, 11) is 3.87. The number of fused-ring (bicyclic) bond motifs is 1. The lowest BCUT2D eigenvalue weighted by Gasteiger charge is -2.45. The largest absolute Gasteiger partial charge is 0.507 e. The standard InChI is InChI=1S/C30H36O18/c1-41-10-4-5-11(12(33)6-10)25-23(39)20(36)17-13(7-14(42-2)26(43-3)27(17)47-25)44-30-28(22(38)19(35)16(9-32)46-30)48-29-24(40)21(37)18(34)15(8-31)45-29/h4-7,15-16,18-19,21-22,24,28-35,37-40H,8-9H2,1-3H3/t15-,16-,18-,19+,21+,22+,24-,28+,29+,30-/m1/s1. The van der Waals surface area contributed by atoms with Crippen LogP contribution < -0.4 is 24.4 Å². The lowest BCUT2D eigenvalue weighted by Crippen LogP contribution is -2.65. The van der Waals surface area contributed by atoms with Crippen molar-refractivity contribution in [3.8, 4) is 45.8 Å². The van der Waals surface area contributed by atoms with Crippen molar-refractivity contribution in [3.63, 3.8) is 0 Å². The van der Waals surface area contributed by atoms with Crippen molar-refractivity contribution in [2.24, 2.45) is 0 Å². The molecular weight excluding hydrogens is 648 g/mol. The third-order valence-corrected chi connectivity index (χ3v) is 8.11. The number of aliphatic hydroxyl groups is 7. The summed E-state index contributed by atoms with van der Waals surface area (Å²) >= 11 is 0. The molecule has 0 saturated carbocycles. The Morgan fingerprint density at radius 3 is 1.98 bits per heavy atom. The molecule has 2 fully saturated rings. The quantitative estimate of drug-likeness (QED) is 0.111. The Labute approximate surface area is 271 Å². The SMILES string of the molecule is COc1ccc(-c2oc3c(OC)c(OC)cc(O[C@@H]4O[C@H](CO)[C@H](O)[C@H](O)[C@@H]4O[C@@H]4O[C@H](CO)[C@@H](O)[C@H](O)[C@H]4O)c3c(=O)c2O)c(O)c1. The number of rotatable bonds is 10. The summed E-state index contributed by atoms with van der Waals surface area (Å²) in [6.45, 7) is -1.62. The number of aromatic hydroxyl groups is 2. The minimum atomic E-state index is -1.93. The zero-order valence-electron chi connectivity index (χ0n) is 25.7. The topological polar surface area (TPSA) is 277 Å². The van der Waals surface area contributed by atoms with Crippen molar-refractivity contribution < 1.29 is 83.5 Å². The normalized spacial score (nSPS) is 30.6. The lowest BCUT2D eigenvalue weighted by molar-refractivity contribution is -0.357. The summed E-state index contributed by atoms with van der Waals surface area (Å²) < 4.78 is 44.6. The number of hydrogen-bond donors (Lipinski definition) is 9. The van der Waals surface area contributed by atoms with Gasteiger partial charge < -0.3 is 83.5 Å². The molecule has 3 aromatic rings. The number of benzene rings is 2. The Morgan fingerprint density at radius 2 is 1.40 bits per heavy atom. The maximum absolute atomic E-state index is 13.8. The average Bonchev–Trinajstić information content (AvgIpc) is 3.08. The molecule has 9 N–H and O–H groups in total. The molecule has 1 aromatic heterocycles. The molecule has 5 rings (SSSR count). The molecule has 0 bridgehead atoms. The summed E-state index contributed by atoms with van der Waals surface area (Å²) in [5, 5.41) is 93.1. The molecule has 18 heteroatoms. The first-order valence-electron chi connectivity index (χ1n) is 14.5. The van der Waals surface area contributed by atoms with E-state index in [1.807, 2.05) is 0 Å². The second kappa shape index (κ2) is 14.3. The van der Waals surface area contributed by atoms with E-state index in [1.54, 1.807) is 0 Å². The van der Waals surface area contributed by atoms with Crippen molar-refractivity contribution in [3.05, 3.63) is 34.5 Å². The second-order valence-corrected chi connectivity index (χ2v) is 10.9. The van der Waals surface area contributed by atoms with E-state index >= 15 is 0 Å². The summed E-state index contributed by atoms with van der Waals surface area (Å²) in [5.41, 5.74) is -1.51. The van der Waals surface area contributed by atoms with Gasteiger partial charge in [0.2, 0.25) is 23.2 Å². The molecule has 10 atom stereocenters. The van der Waals surface area contributed by atoms with Gasteiger partial charge in [-0.15, -0.1) is 0 Å². The Hall–Kier alpha value is -3.95. The smallest absolute Gasteiger partial charge is 0.238 e. The summed E-state index contributed by atoms with van der Waals surface area (Å²) in [5.74, 6) is -2.16. The molecular formula is C30H36O18. The van der Waals surface area contributed by atoms with Gasteiger partial charge in [0, 0.05) is 12.1 Å². The van der Waals surface area contributed by atoms with Crippen LogP contribution in [0.25, 0.3) is 22.3 Å². The Morgan fingerprint density at radius 1 is 0.750 bits per heavy atom. The number of aliphatic hydroxyl groups excluding tert-OH is 7. The first-order chi connectivity index (χ1) is 22.9. The van der Waals surface area contributed by atoms with Crippen LogP contribution in [0.1, 0.15) is 0 Å². The van der Waals surface area contributed by atoms with E-state index in [0.29, 0.717) is 0 Å². The Kier molecular flexibility index (Phi) is 10.5. The fourth-order valence-electron chi connectivity index (χ4n) is 5.49. The monoisotopic (exact) mass is 684 g/mol. The van der Waals surface area contributed by atoms with Gasteiger partial charge in [-0.25, -0.2) is 0 Å². The predicted octanol–water partition coefficient (Wildman–Crippen LogP) is -2.10. The van der Waals surface area contributed by atoms with Crippen LogP contribution in [0.15, 0.2) is 33.5 Å². The van der Waals surface area contributed by atoms with E-state index in [1.165, 1.54) is 39.5 Å². The van der Waals surface area contributed by atoms with Gasteiger partial charge in [-0.05, 0) is 12.1 Å². The molecule has 48 heavy (non-hydrogen) atoms. The zero-order chi connectivity index (χ0) is 35.0. The molecule has 3 heterocycles. The number of ether oxygens (including phenoxy) is 7. The molecule has 2 saturated heterocycles. The highest BCUT2D eigenvalue weighted by molar-refractivity contribution is 5.94. The maximum Gasteiger partial charge on any atom is 0.238 e. The van der Waals surface area contributed by atoms with E-state index in [-0.39, 0.29) is 28.4 Å². The zero-order valence-corrected chi connectivity index (χ0v) is 25.7. The summed E-state index contributed by atoms with van der Waals surface area (Å²) in [6, 6.07) is 5.16. The highest BCUT2D eigenvalue weighted by Gasteiger charge is 2.51. The van der Waals surface area contributed by atoms with E-state index in [4.69, 9.17) is 37.6 Å². The van der Waals surface area contributed by atoms with Crippen LogP contribution in [0, 0.1) is 0 Å². The summed E-state index contributed by atoms with van der Waals surface area (Å²) in [6.07, 6.45) is -17.6. The van der Waals surface area contributed by atoms with E-state index < -0.39 is 108 Å². The Balaban J connectivity index is 1.62. The summed E-state index contributed by atoms with van der Waals surface area (Å²) in [4.78, 5) is 13.8. The predicted molar refractivity (Wildman–Crippen MR) is 158 cm³/mol. The third-order valence-electron chi connectivity index (χ3n) is 8.11. The fraction of sp³-hybridized carbons (Fsp3) is 0.500. The third kappa shape index (κ3) is 6.18. The van der Waals surface area contributed by atoms with Crippen LogP contribution in [0.4, 0.5) is 0 Å².